The second-order valence-corrected chi connectivity index (χ2v) is 12.1. The molecule has 0 aromatic carbocycles. The maximum absolute atomic E-state index is 17.2. The molecule has 4 aliphatic rings. The average Bonchev–Trinajstić information content (AvgIpc) is 3.11. The molecule has 0 bridgehead atoms. The van der Waals surface area contributed by atoms with Crippen molar-refractivity contribution in [1.82, 2.24) is 0 Å². The molecule has 0 spiro atoms. The summed E-state index contributed by atoms with van der Waals surface area (Å²) in [5, 5.41) is 23.4. The molecule has 4 aliphatic carbocycles. The van der Waals surface area contributed by atoms with Crippen LogP contribution in [0.15, 0.2) is 23.8 Å². The SMILES string of the molecule is CCOCCOCCOCC(=O)OCC(=O)C1(O)C(C)CC2C3CCC4=CC(=O)C=CC4(C)C3(F)C(O)CC21C. The molecule has 3 saturated carbocycles. The molecule has 2 N–H and O–H groups in total. The number of hydrogen-bond acceptors (Lipinski definition) is 9. The van der Waals surface area contributed by atoms with E-state index >= 15 is 4.39 Å². The fourth-order valence-electron chi connectivity index (χ4n) is 8.08. The van der Waals surface area contributed by atoms with Gasteiger partial charge >= 0.3 is 5.97 Å². The van der Waals surface area contributed by atoms with Gasteiger partial charge in [0.1, 0.15) is 12.2 Å². The zero-order chi connectivity index (χ0) is 29.3. The molecule has 0 aliphatic heterocycles. The van der Waals surface area contributed by atoms with E-state index in [0.29, 0.717) is 44.7 Å². The number of alkyl halides is 1. The van der Waals surface area contributed by atoms with Crippen molar-refractivity contribution in [3.8, 4) is 0 Å². The van der Waals surface area contributed by atoms with Crippen LogP contribution in [-0.2, 0) is 33.3 Å². The van der Waals surface area contributed by atoms with Crippen molar-refractivity contribution >= 4 is 17.5 Å². The normalized spacial score (nSPS) is 40.2. The van der Waals surface area contributed by atoms with Gasteiger partial charge in [0.15, 0.2) is 18.1 Å². The Morgan fingerprint density at radius 3 is 2.45 bits per heavy atom. The molecule has 0 aromatic rings. The van der Waals surface area contributed by atoms with Crippen molar-refractivity contribution in [3.05, 3.63) is 23.8 Å². The molecule has 4 rings (SSSR count). The fourth-order valence-corrected chi connectivity index (χ4v) is 8.08. The largest absolute Gasteiger partial charge is 0.456 e. The summed E-state index contributed by atoms with van der Waals surface area (Å²) in [5.41, 5.74) is -5.57. The highest BCUT2D eigenvalue weighted by atomic mass is 19.1. The number of carbonyl (C=O) groups is 3. The molecule has 10 heteroatoms. The molecule has 9 nitrogen and oxygen atoms in total. The smallest absolute Gasteiger partial charge is 0.332 e. The van der Waals surface area contributed by atoms with Crippen LogP contribution in [0.4, 0.5) is 4.39 Å². The van der Waals surface area contributed by atoms with E-state index in [1.54, 1.807) is 26.8 Å². The quantitative estimate of drug-likeness (QED) is 0.270. The molecule has 8 atom stereocenters. The minimum absolute atomic E-state index is 0.137. The summed E-state index contributed by atoms with van der Waals surface area (Å²) in [6, 6.07) is 0. The number of aliphatic hydroxyl groups is 2. The molecule has 8 unspecified atom stereocenters. The number of allylic oxidation sites excluding steroid dienone is 4. The lowest BCUT2D eigenvalue weighted by Gasteiger charge is -2.62. The Morgan fingerprint density at radius 2 is 1.75 bits per heavy atom. The summed E-state index contributed by atoms with van der Waals surface area (Å²) in [6.45, 7) is 8.03. The van der Waals surface area contributed by atoms with E-state index in [1.807, 2.05) is 6.92 Å². The van der Waals surface area contributed by atoms with E-state index in [-0.39, 0.29) is 32.0 Å². The second kappa shape index (κ2) is 11.7. The topological polar surface area (TPSA) is 129 Å². The van der Waals surface area contributed by atoms with Crippen LogP contribution in [0.1, 0.15) is 53.4 Å². The summed E-state index contributed by atoms with van der Waals surface area (Å²) < 4.78 is 38.1. The fraction of sp³-hybridized carbons (Fsp3) is 0.767. The Hall–Kier alpha value is -1.98. The maximum Gasteiger partial charge on any atom is 0.332 e. The standard InChI is InChI=1S/C30H43FO9/c1-5-37-10-11-38-12-13-39-18-26(35)40-17-25(34)30(36)19(2)14-23-22-7-6-20-15-21(32)8-9-27(20,3)29(22,31)24(33)16-28(23,30)4/h8-9,15,19,22-24,33,36H,5-7,10-14,16-18H2,1-4H3. The van der Waals surface area contributed by atoms with Crippen LogP contribution in [0.2, 0.25) is 0 Å². The number of Topliss-reactive ketones (excluding diaryl/α,β-unsaturated/α-hetero) is 1. The number of esters is 1. The van der Waals surface area contributed by atoms with Crippen molar-refractivity contribution < 1.29 is 47.9 Å². The van der Waals surface area contributed by atoms with Gasteiger partial charge in [0.25, 0.3) is 0 Å². The predicted octanol–water partition coefficient (Wildman–Crippen LogP) is 2.52. The maximum atomic E-state index is 17.2. The van der Waals surface area contributed by atoms with E-state index in [4.69, 9.17) is 18.9 Å². The monoisotopic (exact) mass is 566 g/mol. The molecule has 224 valence electrons. The van der Waals surface area contributed by atoms with Crippen molar-refractivity contribution in [3.63, 3.8) is 0 Å². The third-order valence-corrected chi connectivity index (χ3v) is 10.2. The van der Waals surface area contributed by atoms with E-state index in [2.05, 4.69) is 0 Å². The van der Waals surface area contributed by atoms with Gasteiger partial charge < -0.3 is 29.2 Å². The van der Waals surface area contributed by atoms with E-state index in [0.717, 1.165) is 0 Å². The highest BCUT2D eigenvalue weighted by Crippen LogP contribution is 2.70. The highest BCUT2D eigenvalue weighted by molar-refractivity contribution is 6.01. The number of hydrogen-bond donors (Lipinski definition) is 2. The lowest BCUT2D eigenvalue weighted by molar-refractivity contribution is -0.220. The van der Waals surface area contributed by atoms with Gasteiger partial charge in [0.2, 0.25) is 5.78 Å². The summed E-state index contributed by atoms with van der Waals surface area (Å²) >= 11 is 0. The Balaban J connectivity index is 1.40. The van der Waals surface area contributed by atoms with E-state index in [1.165, 1.54) is 12.2 Å². The molecular formula is C30H43FO9. The third-order valence-electron chi connectivity index (χ3n) is 10.2. The number of aliphatic hydroxyl groups excluding tert-OH is 1. The van der Waals surface area contributed by atoms with Crippen LogP contribution >= 0.6 is 0 Å². The van der Waals surface area contributed by atoms with Crippen LogP contribution in [0.3, 0.4) is 0 Å². The van der Waals surface area contributed by atoms with Gasteiger partial charge in [-0.05, 0) is 63.5 Å². The lowest BCUT2D eigenvalue weighted by atomic mass is 9.44. The molecule has 0 radical (unpaired) electrons. The predicted molar refractivity (Wildman–Crippen MR) is 142 cm³/mol. The van der Waals surface area contributed by atoms with Crippen molar-refractivity contribution in [2.45, 2.75) is 70.8 Å². The molecule has 40 heavy (non-hydrogen) atoms. The molecule has 0 aromatic heterocycles. The Labute approximate surface area is 235 Å². The number of ketones is 2. The second-order valence-electron chi connectivity index (χ2n) is 12.1. The Morgan fingerprint density at radius 1 is 1.07 bits per heavy atom. The van der Waals surface area contributed by atoms with Crippen LogP contribution in [-0.4, -0.2) is 91.4 Å². The van der Waals surface area contributed by atoms with Crippen molar-refractivity contribution in [1.29, 1.82) is 0 Å². The average molecular weight is 567 g/mol. The summed E-state index contributed by atoms with van der Waals surface area (Å²) in [6.07, 6.45) is 4.09. The van der Waals surface area contributed by atoms with Gasteiger partial charge in [-0.15, -0.1) is 0 Å². The number of halogens is 1. The molecule has 0 saturated heterocycles. The van der Waals surface area contributed by atoms with Gasteiger partial charge in [-0.3, -0.25) is 9.59 Å². The van der Waals surface area contributed by atoms with Crippen LogP contribution < -0.4 is 0 Å². The van der Waals surface area contributed by atoms with Gasteiger partial charge in [-0.1, -0.05) is 25.5 Å². The van der Waals surface area contributed by atoms with Crippen molar-refractivity contribution in [2.75, 3.05) is 46.2 Å². The van der Waals surface area contributed by atoms with Crippen LogP contribution in [0.25, 0.3) is 0 Å². The van der Waals surface area contributed by atoms with Crippen LogP contribution in [0.5, 0.6) is 0 Å². The van der Waals surface area contributed by atoms with E-state index < -0.39 is 64.3 Å². The first-order valence-corrected chi connectivity index (χ1v) is 14.3. The summed E-state index contributed by atoms with van der Waals surface area (Å²) in [4.78, 5) is 37.7. The van der Waals surface area contributed by atoms with Crippen LogP contribution in [0, 0.1) is 28.6 Å². The summed E-state index contributed by atoms with van der Waals surface area (Å²) in [7, 11) is 0. The Bertz CT molecular complexity index is 1060. The molecular weight excluding hydrogens is 523 g/mol. The summed E-state index contributed by atoms with van der Waals surface area (Å²) in [5.74, 6) is -3.16. The first-order valence-electron chi connectivity index (χ1n) is 14.3. The molecule has 0 amide bonds. The number of rotatable bonds is 12. The lowest BCUT2D eigenvalue weighted by Crippen LogP contribution is -2.69. The zero-order valence-electron chi connectivity index (χ0n) is 23.9. The minimum atomic E-state index is -2.05. The van der Waals surface area contributed by atoms with Gasteiger partial charge in [0.05, 0.1) is 32.5 Å². The highest BCUT2D eigenvalue weighted by Gasteiger charge is 2.75. The first-order chi connectivity index (χ1) is 18.9. The first kappa shape index (κ1) is 31.0. The zero-order valence-corrected chi connectivity index (χ0v) is 23.9. The molecule has 0 heterocycles. The molecule has 3 fully saturated rings. The van der Waals surface area contributed by atoms with Gasteiger partial charge in [0, 0.05) is 23.4 Å². The number of fused-ring (bicyclic) bond motifs is 5. The Kier molecular flexibility index (Phi) is 9.07. The van der Waals surface area contributed by atoms with Gasteiger partial charge in [-0.25, -0.2) is 9.18 Å². The number of ether oxygens (including phenoxy) is 4. The number of carbonyl (C=O) groups excluding carboxylic acids is 3. The van der Waals surface area contributed by atoms with E-state index in [9.17, 15) is 24.6 Å². The van der Waals surface area contributed by atoms with Crippen molar-refractivity contribution in [2.24, 2.45) is 28.6 Å². The van der Waals surface area contributed by atoms with Gasteiger partial charge in [-0.2, -0.15) is 0 Å². The third kappa shape index (κ3) is 4.89. The minimum Gasteiger partial charge on any atom is -0.456 e.